The topological polar surface area (TPSA) is 35.6 Å². The molecule has 3 rings (SSSR count). The SMILES string of the molecule is CCC1(C(=O)N2CCN(C)c3ccccc32)CCCNC1. The van der Waals surface area contributed by atoms with E-state index < -0.39 is 0 Å². The molecule has 21 heavy (non-hydrogen) atoms. The highest BCUT2D eigenvalue weighted by molar-refractivity contribution is 6.01. The van der Waals surface area contributed by atoms with Gasteiger partial charge in [-0.25, -0.2) is 0 Å². The number of benzene rings is 1. The van der Waals surface area contributed by atoms with Crippen LogP contribution in [-0.2, 0) is 4.79 Å². The molecule has 0 radical (unpaired) electrons. The molecule has 0 aromatic heterocycles. The van der Waals surface area contributed by atoms with Crippen molar-refractivity contribution in [3.63, 3.8) is 0 Å². The number of carbonyl (C=O) groups excluding carboxylic acids is 1. The van der Waals surface area contributed by atoms with Crippen molar-refractivity contribution in [2.24, 2.45) is 5.41 Å². The number of para-hydroxylation sites is 2. The summed E-state index contributed by atoms with van der Waals surface area (Å²) in [6.45, 7) is 5.68. The zero-order valence-electron chi connectivity index (χ0n) is 13.1. The van der Waals surface area contributed by atoms with Crippen molar-refractivity contribution in [1.82, 2.24) is 5.32 Å². The zero-order valence-corrected chi connectivity index (χ0v) is 13.1. The average molecular weight is 287 g/mol. The molecule has 1 amide bonds. The van der Waals surface area contributed by atoms with E-state index in [0.717, 1.165) is 56.8 Å². The van der Waals surface area contributed by atoms with Gasteiger partial charge in [-0.05, 0) is 37.9 Å². The van der Waals surface area contributed by atoms with Crippen LogP contribution in [0.3, 0.4) is 0 Å². The van der Waals surface area contributed by atoms with Gasteiger partial charge in [-0.15, -0.1) is 0 Å². The number of carbonyl (C=O) groups is 1. The molecule has 1 aromatic carbocycles. The number of nitrogens with zero attached hydrogens (tertiary/aromatic N) is 2. The molecule has 114 valence electrons. The monoisotopic (exact) mass is 287 g/mol. The number of hydrogen-bond acceptors (Lipinski definition) is 3. The molecule has 0 aliphatic carbocycles. The number of amides is 1. The Morgan fingerprint density at radius 2 is 2.05 bits per heavy atom. The third kappa shape index (κ3) is 2.42. The highest BCUT2D eigenvalue weighted by atomic mass is 16.2. The Labute approximate surface area is 127 Å². The summed E-state index contributed by atoms with van der Waals surface area (Å²) in [5.74, 6) is 0.303. The molecule has 1 fully saturated rings. The predicted molar refractivity (Wildman–Crippen MR) is 86.9 cm³/mol. The van der Waals surface area contributed by atoms with E-state index in [2.05, 4.69) is 36.3 Å². The van der Waals surface area contributed by atoms with E-state index >= 15 is 0 Å². The molecule has 1 unspecified atom stereocenters. The van der Waals surface area contributed by atoms with E-state index in [1.54, 1.807) is 0 Å². The first kappa shape index (κ1) is 14.4. The molecule has 0 spiro atoms. The highest BCUT2D eigenvalue weighted by Crippen LogP contribution is 2.38. The van der Waals surface area contributed by atoms with E-state index in [9.17, 15) is 4.79 Å². The Bertz CT molecular complexity index is 523. The summed E-state index contributed by atoms with van der Waals surface area (Å²) in [4.78, 5) is 17.5. The molecule has 2 aliphatic rings. The van der Waals surface area contributed by atoms with E-state index in [-0.39, 0.29) is 5.41 Å². The van der Waals surface area contributed by atoms with Gasteiger partial charge in [0.1, 0.15) is 0 Å². The van der Waals surface area contributed by atoms with Crippen LogP contribution < -0.4 is 15.1 Å². The molecule has 1 atom stereocenters. The summed E-state index contributed by atoms with van der Waals surface area (Å²) in [6.07, 6.45) is 3.01. The van der Waals surface area contributed by atoms with Crippen LogP contribution in [0.2, 0.25) is 0 Å². The smallest absolute Gasteiger partial charge is 0.234 e. The maximum atomic E-state index is 13.2. The second-order valence-corrected chi connectivity index (χ2v) is 6.28. The fourth-order valence-electron chi connectivity index (χ4n) is 3.61. The number of nitrogens with one attached hydrogen (secondary N) is 1. The van der Waals surface area contributed by atoms with E-state index in [1.165, 1.54) is 0 Å². The Morgan fingerprint density at radius 1 is 1.29 bits per heavy atom. The van der Waals surface area contributed by atoms with Crippen molar-refractivity contribution >= 4 is 17.3 Å². The molecule has 2 aliphatic heterocycles. The molecular weight excluding hydrogens is 262 g/mol. The van der Waals surface area contributed by atoms with Gasteiger partial charge < -0.3 is 15.1 Å². The first-order valence-electron chi connectivity index (χ1n) is 8.01. The van der Waals surface area contributed by atoms with Crippen molar-refractivity contribution < 1.29 is 4.79 Å². The molecule has 0 bridgehead atoms. The molecule has 1 saturated heterocycles. The van der Waals surface area contributed by atoms with Crippen LogP contribution in [0, 0.1) is 5.41 Å². The fourth-order valence-corrected chi connectivity index (χ4v) is 3.61. The van der Waals surface area contributed by atoms with Gasteiger partial charge in [0.05, 0.1) is 16.8 Å². The summed E-state index contributed by atoms with van der Waals surface area (Å²) in [7, 11) is 2.10. The van der Waals surface area contributed by atoms with Crippen LogP contribution in [0.4, 0.5) is 11.4 Å². The van der Waals surface area contributed by atoms with Crippen LogP contribution in [-0.4, -0.2) is 39.1 Å². The third-order valence-electron chi connectivity index (χ3n) is 5.09. The lowest BCUT2D eigenvalue weighted by molar-refractivity contribution is -0.129. The molecule has 2 heterocycles. The zero-order chi connectivity index (χ0) is 14.9. The lowest BCUT2D eigenvalue weighted by Gasteiger charge is -2.43. The lowest BCUT2D eigenvalue weighted by atomic mass is 9.77. The van der Waals surface area contributed by atoms with Crippen LogP contribution in [0.1, 0.15) is 26.2 Å². The molecule has 1 N–H and O–H groups in total. The molecule has 4 nitrogen and oxygen atoms in total. The van der Waals surface area contributed by atoms with Gasteiger partial charge in [-0.3, -0.25) is 4.79 Å². The first-order valence-corrected chi connectivity index (χ1v) is 8.01. The van der Waals surface area contributed by atoms with Crippen LogP contribution in [0.5, 0.6) is 0 Å². The Hall–Kier alpha value is -1.55. The number of fused-ring (bicyclic) bond motifs is 1. The largest absolute Gasteiger partial charge is 0.371 e. The quantitative estimate of drug-likeness (QED) is 0.906. The molecule has 1 aromatic rings. The van der Waals surface area contributed by atoms with Crippen molar-refractivity contribution in [2.75, 3.05) is 43.0 Å². The summed E-state index contributed by atoms with van der Waals surface area (Å²) in [5, 5.41) is 3.42. The van der Waals surface area contributed by atoms with Gasteiger partial charge in [0.25, 0.3) is 0 Å². The van der Waals surface area contributed by atoms with Gasteiger partial charge in [-0.2, -0.15) is 0 Å². The van der Waals surface area contributed by atoms with Gasteiger partial charge in [-0.1, -0.05) is 19.1 Å². The third-order valence-corrected chi connectivity index (χ3v) is 5.09. The van der Waals surface area contributed by atoms with Crippen molar-refractivity contribution in [2.45, 2.75) is 26.2 Å². The minimum atomic E-state index is -0.221. The van der Waals surface area contributed by atoms with Gasteiger partial charge in [0.15, 0.2) is 0 Å². The van der Waals surface area contributed by atoms with Crippen LogP contribution >= 0.6 is 0 Å². The normalized spacial score (nSPS) is 25.6. The minimum Gasteiger partial charge on any atom is -0.371 e. The molecular formula is C17H25N3O. The fraction of sp³-hybridized carbons (Fsp3) is 0.588. The maximum Gasteiger partial charge on any atom is 0.234 e. The second kappa shape index (κ2) is 5.68. The van der Waals surface area contributed by atoms with Crippen molar-refractivity contribution in [3.05, 3.63) is 24.3 Å². The van der Waals surface area contributed by atoms with Crippen LogP contribution in [0.15, 0.2) is 24.3 Å². The molecule has 4 heteroatoms. The van der Waals surface area contributed by atoms with E-state index in [0.29, 0.717) is 5.91 Å². The predicted octanol–water partition coefficient (Wildman–Crippen LogP) is 2.25. The minimum absolute atomic E-state index is 0.221. The lowest BCUT2D eigenvalue weighted by Crippen LogP contribution is -2.54. The number of rotatable bonds is 2. The van der Waals surface area contributed by atoms with Gasteiger partial charge in [0.2, 0.25) is 5.91 Å². The number of hydrogen-bond donors (Lipinski definition) is 1. The average Bonchev–Trinajstić information content (AvgIpc) is 2.55. The Morgan fingerprint density at radius 3 is 2.71 bits per heavy atom. The van der Waals surface area contributed by atoms with E-state index in [1.807, 2.05) is 17.0 Å². The number of anilines is 2. The Balaban J connectivity index is 1.93. The van der Waals surface area contributed by atoms with Gasteiger partial charge >= 0.3 is 0 Å². The van der Waals surface area contributed by atoms with Crippen molar-refractivity contribution in [3.8, 4) is 0 Å². The standard InChI is InChI=1S/C17H25N3O/c1-3-17(9-6-10-18-13-17)16(21)20-12-11-19(2)14-7-4-5-8-15(14)20/h4-5,7-8,18H,3,6,9-13H2,1-2H3. The van der Waals surface area contributed by atoms with Crippen LogP contribution in [0.25, 0.3) is 0 Å². The summed E-state index contributed by atoms with van der Waals surface area (Å²) in [6, 6.07) is 8.24. The summed E-state index contributed by atoms with van der Waals surface area (Å²) in [5.41, 5.74) is 2.00. The second-order valence-electron chi connectivity index (χ2n) is 6.28. The highest BCUT2D eigenvalue weighted by Gasteiger charge is 2.42. The maximum absolute atomic E-state index is 13.2. The van der Waals surface area contributed by atoms with Crippen molar-refractivity contribution in [1.29, 1.82) is 0 Å². The summed E-state index contributed by atoms with van der Waals surface area (Å²) < 4.78 is 0. The summed E-state index contributed by atoms with van der Waals surface area (Å²) >= 11 is 0. The Kier molecular flexibility index (Phi) is 3.89. The first-order chi connectivity index (χ1) is 10.2. The number of likely N-dealkylation sites (N-methyl/N-ethyl adjacent to an activating group) is 1. The molecule has 0 saturated carbocycles. The van der Waals surface area contributed by atoms with E-state index in [4.69, 9.17) is 0 Å². The number of piperidine rings is 1. The van der Waals surface area contributed by atoms with Gasteiger partial charge in [0, 0.05) is 26.7 Å².